The van der Waals surface area contributed by atoms with Gasteiger partial charge in [-0.05, 0) is 29.7 Å². The number of aliphatic hydroxyl groups is 1. The van der Waals surface area contributed by atoms with Crippen LogP contribution in [0.4, 0.5) is 4.39 Å². The van der Waals surface area contributed by atoms with E-state index < -0.39 is 6.10 Å². The van der Waals surface area contributed by atoms with Gasteiger partial charge in [0.1, 0.15) is 5.82 Å². The van der Waals surface area contributed by atoms with Crippen molar-refractivity contribution in [1.29, 1.82) is 0 Å². The molecule has 3 heteroatoms. The van der Waals surface area contributed by atoms with Crippen molar-refractivity contribution in [3.63, 3.8) is 0 Å². The Morgan fingerprint density at radius 3 is 3.00 bits per heavy atom. The number of hydrogen-bond donors (Lipinski definition) is 2. The summed E-state index contributed by atoms with van der Waals surface area (Å²) >= 11 is 0. The van der Waals surface area contributed by atoms with Gasteiger partial charge >= 0.3 is 0 Å². The fraction of sp³-hybridized carbons (Fsp3) is 0.333. The van der Waals surface area contributed by atoms with Gasteiger partial charge in [-0.1, -0.05) is 6.07 Å². The van der Waals surface area contributed by atoms with E-state index in [0.29, 0.717) is 12.0 Å². The number of nitrogens with two attached hydrogens (primary N) is 1. The lowest BCUT2D eigenvalue weighted by atomic mass is 10.1. The zero-order chi connectivity index (χ0) is 8.72. The molecule has 0 radical (unpaired) electrons. The van der Waals surface area contributed by atoms with Crippen molar-refractivity contribution < 1.29 is 9.50 Å². The summed E-state index contributed by atoms with van der Waals surface area (Å²) < 4.78 is 12.7. The molecule has 1 aromatic rings. The van der Waals surface area contributed by atoms with Gasteiger partial charge in [0, 0.05) is 6.04 Å². The lowest BCUT2D eigenvalue weighted by Gasteiger charge is -2.07. The van der Waals surface area contributed by atoms with Crippen molar-refractivity contribution in [2.45, 2.75) is 18.6 Å². The van der Waals surface area contributed by atoms with E-state index in [1.54, 1.807) is 6.07 Å². The molecule has 1 aromatic carbocycles. The second kappa shape index (κ2) is 2.54. The van der Waals surface area contributed by atoms with E-state index >= 15 is 0 Å². The molecular formula is C9H10FNO. The van der Waals surface area contributed by atoms with E-state index in [0.717, 1.165) is 5.56 Å². The summed E-state index contributed by atoms with van der Waals surface area (Å²) in [5.74, 6) is -0.318. The SMILES string of the molecule is N[C@@H]1Cc2ccc(F)cc2[C@@H]1O. The molecule has 2 nitrogen and oxygen atoms in total. The van der Waals surface area contributed by atoms with Crippen molar-refractivity contribution in [1.82, 2.24) is 0 Å². The van der Waals surface area contributed by atoms with E-state index in [1.807, 2.05) is 0 Å². The van der Waals surface area contributed by atoms with Crippen LogP contribution in [0, 0.1) is 5.82 Å². The van der Waals surface area contributed by atoms with E-state index in [9.17, 15) is 9.50 Å². The van der Waals surface area contributed by atoms with Crippen LogP contribution >= 0.6 is 0 Å². The Kier molecular flexibility index (Phi) is 1.63. The Labute approximate surface area is 69.8 Å². The first kappa shape index (κ1) is 7.71. The first-order chi connectivity index (χ1) is 5.68. The van der Waals surface area contributed by atoms with Gasteiger partial charge in [0.15, 0.2) is 0 Å². The van der Waals surface area contributed by atoms with E-state index in [4.69, 9.17) is 5.73 Å². The zero-order valence-corrected chi connectivity index (χ0v) is 6.50. The van der Waals surface area contributed by atoms with Crippen LogP contribution in [0.15, 0.2) is 18.2 Å². The molecule has 0 amide bonds. The summed E-state index contributed by atoms with van der Waals surface area (Å²) in [6, 6.07) is 4.15. The molecule has 3 N–H and O–H groups in total. The number of fused-ring (bicyclic) bond motifs is 1. The van der Waals surface area contributed by atoms with Crippen molar-refractivity contribution in [2.75, 3.05) is 0 Å². The molecule has 0 bridgehead atoms. The van der Waals surface area contributed by atoms with Crippen LogP contribution in [0.1, 0.15) is 17.2 Å². The molecule has 12 heavy (non-hydrogen) atoms. The molecule has 1 aliphatic carbocycles. The average molecular weight is 167 g/mol. The minimum absolute atomic E-state index is 0.276. The molecule has 0 fully saturated rings. The number of aliphatic hydroxyl groups excluding tert-OH is 1. The number of halogens is 1. The second-order valence-electron chi connectivity index (χ2n) is 3.16. The molecular weight excluding hydrogens is 157 g/mol. The minimum atomic E-state index is -0.698. The minimum Gasteiger partial charge on any atom is -0.387 e. The number of rotatable bonds is 0. The fourth-order valence-corrected chi connectivity index (χ4v) is 1.62. The normalized spacial score (nSPS) is 27.2. The van der Waals surface area contributed by atoms with Crippen LogP contribution in [-0.2, 0) is 6.42 Å². The Morgan fingerprint density at radius 2 is 2.25 bits per heavy atom. The van der Waals surface area contributed by atoms with Crippen molar-refractivity contribution >= 4 is 0 Å². The lowest BCUT2D eigenvalue weighted by molar-refractivity contribution is 0.159. The maximum atomic E-state index is 12.7. The summed E-state index contributed by atoms with van der Waals surface area (Å²) in [4.78, 5) is 0. The molecule has 1 aliphatic rings. The average Bonchev–Trinajstić information content (AvgIpc) is 2.31. The van der Waals surface area contributed by atoms with Crippen LogP contribution in [0.2, 0.25) is 0 Å². The van der Waals surface area contributed by atoms with Gasteiger partial charge in [0.2, 0.25) is 0 Å². The highest BCUT2D eigenvalue weighted by Crippen LogP contribution is 2.30. The standard InChI is InChI=1S/C9H10FNO/c10-6-2-1-5-3-8(11)9(12)7(5)4-6/h1-2,4,8-9,12H,3,11H2/t8-,9+/m1/s1. The summed E-state index contributed by atoms with van der Waals surface area (Å²) in [5.41, 5.74) is 7.20. The van der Waals surface area contributed by atoms with Gasteiger partial charge in [-0.15, -0.1) is 0 Å². The van der Waals surface area contributed by atoms with Crippen LogP contribution in [0.3, 0.4) is 0 Å². The topological polar surface area (TPSA) is 46.2 Å². The third kappa shape index (κ3) is 1.02. The molecule has 2 rings (SSSR count). The van der Waals surface area contributed by atoms with Gasteiger partial charge < -0.3 is 10.8 Å². The highest BCUT2D eigenvalue weighted by atomic mass is 19.1. The van der Waals surface area contributed by atoms with Gasteiger partial charge in [0.25, 0.3) is 0 Å². The number of benzene rings is 1. The van der Waals surface area contributed by atoms with E-state index in [-0.39, 0.29) is 11.9 Å². The third-order valence-electron chi connectivity index (χ3n) is 2.29. The molecule has 0 unspecified atom stereocenters. The Morgan fingerprint density at radius 1 is 1.50 bits per heavy atom. The molecule has 0 saturated carbocycles. The van der Waals surface area contributed by atoms with E-state index in [2.05, 4.69) is 0 Å². The smallest absolute Gasteiger partial charge is 0.123 e. The maximum absolute atomic E-state index is 12.7. The Balaban J connectivity index is 2.48. The molecule has 0 aromatic heterocycles. The number of hydrogen-bond acceptors (Lipinski definition) is 2. The summed E-state index contributed by atoms with van der Waals surface area (Å²) in [7, 11) is 0. The lowest BCUT2D eigenvalue weighted by Crippen LogP contribution is -2.24. The maximum Gasteiger partial charge on any atom is 0.123 e. The highest BCUT2D eigenvalue weighted by molar-refractivity contribution is 5.36. The van der Waals surface area contributed by atoms with Crippen LogP contribution in [0.5, 0.6) is 0 Å². The largest absolute Gasteiger partial charge is 0.387 e. The zero-order valence-electron chi connectivity index (χ0n) is 6.50. The summed E-state index contributed by atoms with van der Waals surface area (Å²) in [6.45, 7) is 0. The molecule has 0 saturated heterocycles. The highest BCUT2D eigenvalue weighted by Gasteiger charge is 2.27. The summed E-state index contributed by atoms with van der Waals surface area (Å²) in [5, 5.41) is 9.48. The molecule has 0 spiro atoms. The van der Waals surface area contributed by atoms with Crippen LogP contribution < -0.4 is 5.73 Å². The fourth-order valence-electron chi connectivity index (χ4n) is 1.62. The molecule has 0 heterocycles. The monoisotopic (exact) mass is 167 g/mol. The van der Waals surface area contributed by atoms with Gasteiger partial charge in [-0.2, -0.15) is 0 Å². The Hall–Kier alpha value is -0.930. The van der Waals surface area contributed by atoms with Crippen molar-refractivity contribution in [3.05, 3.63) is 35.1 Å². The first-order valence-electron chi connectivity index (χ1n) is 3.90. The summed E-state index contributed by atoms with van der Waals surface area (Å²) in [6.07, 6.45) is -0.0627. The Bertz CT molecular complexity index is 313. The second-order valence-corrected chi connectivity index (χ2v) is 3.16. The van der Waals surface area contributed by atoms with Gasteiger partial charge in [-0.25, -0.2) is 4.39 Å². The van der Waals surface area contributed by atoms with Gasteiger partial charge in [-0.3, -0.25) is 0 Å². The van der Waals surface area contributed by atoms with Crippen LogP contribution in [0.25, 0.3) is 0 Å². The van der Waals surface area contributed by atoms with Gasteiger partial charge in [0.05, 0.1) is 6.10 Å². The van der Waals surface area contributed by atoms with Crippen molar-refractivity contribution in [3.8, 4) is 0 Å². The molecule has 64 valence electrons. The third-order valence-corrected chi connectivity index (χ3v) is 2.29. The quantitative estimate of drug-likeness (QED) is 0.598. The predicted molar refractivity (Wildman–Crippen MR) is 43.0 cm³/mol. The first-order valence-corrected chi connectivity index (χ1v) is 3.90. The van der Waals surface area contributed by atoms with E-state index in [1.165, 1.54) is 12.1 Å². The molecule has 2 atom stereocenters. The van der Waals surface area contributed by atoms with Crippen LogP contribution in [-0.4, -0.2) is 11.1 Å². The molecule has 0 aliphatic heterocycles. The predicted octanol–water partition coefficient (Wildman–Crippen LogP) is 0.743. The van der Waals surface area contributed by atoms with Crippen molar-refractivity contribution in [2.24, 2.45) is 5.73 Å².